The first kappa shape index (κ1) is 18.4. The Balaban J connectivity index is 1.51. The van der Waals surface area contributed by atoms with Crippen LogP contribution in [-0.2, 0) is 15.3 Å². The van der Waals surface area contributed by atoms with Crippen LogP contribution in [0.3, 0.4) is 0 Å². The monoisotopic (exact) mass is 376 g/mol. The average Bonchev–Trinajstić information content (AvgIpc) is 2.61. The van der Waals surface area contributed by atoms with Crippen LogP contribution in [0.5, 0.6) is 0 Å². The van der Waals surface area contributed by atoms with Crippen molar-refractivity contribution < 1.29 is 18.4 Å². The minimum atomic E-state index is -0.629. The fourth-order valence-electron chi connectivity index (χ4n) is 2.84. The summed E-state index contributed by atoms with van der Waals surface area (Å²) in [4.78, 5) is 24.2. The number of thioether (sulfide) groups is 1. The maximum atomic E-state index is 13.5. The number of hydrogen-bond donors (Lipinski definition) is 2. The molecule has 0 aromatic heterocycles. The molecule has 1 aliphatic rings. The van der Waals surface area contributed by atoms with Crippen LogP contribution in [0.2, 0.25) is 0 Å². The summed E-state index contributed by atoms with van der Waals surface area (Å²) in [6, 6.07) is 10.6. The van der Waals surface area contributed by atoms with Gasteiger partial charge in [-0.15, -0.1) is 0 Å². The van der Waals surface area contributed by atoms with Crippen molar-refractivity contribution in [2.45, 2.75) is 18.1 Å². The molecule has 4 nitrogen and oxygen atoms in total. The molecule has 0 aliphatic carbocycles. The summed E-state index contributed by atoms with van der Waals surface area (Å²) >= 11 is 1.51. The van der Waals surface area contributed by atoms with Crippen molar-refractivity contribution in [3.8, 4) is 0 Å². The van der Waals surface area contributed by atoms with E-state index in [9.17, 15) is 18.4 Å². The maximum absolute atomic E-state index is 13.5. The quantitative estimate of drug-likeness (QED) is 0.760. The molecule has 0 bridgehead atoms. The van der Waals surface area contributed by atoms with E-state index < -0.39 is 11.7 Å². The van der Waals surface area contributed by atoms with Crippen molar-refractivity contribution in [1.29, 1.82) is 0 Å². The molecule has 26 heavy (non-hydrogen) atoms. The molecule has 2 aromatic rings. The first-order valence-corrected chi connectivity index (χ1v) is 9.38. The van der Waals surface area contributed by atoms with Gasteiger partial charge in [0.2, 0.25) is 11.8 Å². The number of hydrogen-bond acceptors (Lipinski definition) is 3. The number of halogens is 2. The van der Waals surface area contributed by atoms with Crippen LogP contribution in [0.25, 0.3) is 0 Å². The van der Waals surface area contributed by atoms with Crippen LogP contribution in [0.15, 0.2) is 42.5 Å². The Morgan fingerprint density at radius 2 is 2.04 bits per heavy atom. The smallest absolute Gasteiger partial charge is 0.228 e. The maximum Gasteiger partial charge on any atom is 0.228 e. The third-order valence-corrected chi connectivity index (χ3v) is 5.14. The molecule has 0 saturated heterocycles. The zero-order valence-corrected chi connectivity index (χ0v) is 14.7. The molecule has 136 valence electrons. The van der Waals surface area contributed by atoms with Crippen LogP contribution in [0.1, 0.15) is 23.5 Å². The van der Waals surface area contributed by atoms with Gasteiger partial charge in [0.15, 0.2) is 0 Å². The molecule has 0 saturated carbocycles. The Kier molecular flexibility index (Phi) is 5.88. The van der Waals surface area contributed by atoms with Gasteiger partial charge in [-0.3, -0.25) is 9.59 Å². The molecule has 1 unspecified atom stereocenters. The van der Waals surface area contributed by atoms with Gasteiger partial charge in [-0.1, -0.05) is 24.3 Å². The molecule has 3 rings (SSSR count). The lowest BCUT2D eigenvalue weighted by molar-refractivity contribution is -0.126. The van der Waals surface area contributed by atoms with E-state index in [0.717, 1.165) is 0 Å². The number of anilines is 1. The van der Waals surface area contributed by atoms with Crippen molar-refractivity contribution in [3.63, 3.8) is 0 Å². The SMILES string of the molecule is O=C1CC(C(=O)NCCSCc2ccccc2F)c2ccc(F)cc2N1. The lowest BCUT2D eigenvalue weighted by atomic mass is 9.90. The third-order valence-electron chi connectivity index (χ3n) is 4.13. The van der Waals surface area contributed by atoms with Crippen molar-refractivity contribution in [2.75, 3.05) is 17.6 Å². The fraction of sp³-hybridized carbons (Fsp3) is 0.263. The Labute approximate surface area is 154 Å². The highest BCUT2D eigenvalue weighted by molar-refractivity contribution is 7.98. The Hall–Kier alpha value is -2.41. The van der Waals surface area contributed by atoms with Gasteiger partial charge >= 0.3 is 0 Å². The first-order chi connectivity index (χ1) is 12.5. The highest BCUT2D eigenvalue weighted by Crippen LogP contribution is 2.32. The van der Waals surface area contributed by atoms with E-state index in [2.05, 4.69) is 10.6 Å². The molecule has 0 spiro atoms. The first-order valence-electron chi connectivity index (χ1n) is 8.23. The molecule has 1 heterocycles. The summed E-state index contributed by atoms with van der Waals surface area (Å²) in [6.07, 6.45) is 0.0346. The summed E-state index contributed by atoms with van der Waals surface area (Å²) < 4.78 is 26.9. The van der Waals surface area contributed by atoms with E-state index in [1.165, 1.54) is 36.0 Å². The number of amides is 2. The van der Waals surface area contributed by atoms with Crippen LogP contribution in [0, 0.1) is 11.6 Å². The van der Waals surface area contributed by atoms with Crippen LogP contribution in [0.4, 0.5) is 14.5 Å². The lowest BCUT2D eigenvalue weighted by Crippen LogP contribution is -2.36. The van der Waals surface area contributed by atoms with Gasteiger partial charge in [-0.2, -0.15) is 11.8 Å². The third kappa shape index (κ3) is 4.40. The second kappa shape index (κ2) is 8.31. The Bertz CT molecular complexity index is 829. The van der Waals surface area contributed by atoms with E-state index in [1.54, 1.807) is 18.2 Å². The molecule has 2 N–H and O–H groups in total. The molecular weight excluding hydrogens is 358 g/mol. The summed E-state index contributed by atoms with van der Waals surface area (Å²) in [5.74, 6) is -0.755. The lowest BCUT2D eigenvalue weighted by Gasteiger charge is -2.24. The van der Waals surface area contributed by atoms with E-state index in [4.69, 9.17) is 0 Å². The molecular formula is C19H18F2N2O2S. The number of fused-ring (bicyclic) bond motifs is 1. The van der Waals surface area contributed by atoms with Gasteiger partial charge in [0.1, 0.15) is 11.6 Å². The van der Waals surface area contributed by atoms with Gasteiger partial charge in [0.05, 0.1) is 5.92 Å². The van der Waals surface area contributed by atoms with E-state index in [-0.39, 0.29) is 24.1 Å². The predicted molar refractivity (Wildman–Crippen MR) is 98.0 cm³/mol. The van der Waals surface area contributed by atoms with Crippen molar-refractivity contribution >= 4 is 29.3 Å². The summed E-state index contributed by atoms with van der Waals surface area (Å²) in [7, 11) is 0. The largest absolute Gasteiger partial charge is 0.355 e. The number of benzene rings is 2. The van der Waals surface area contributed by atoms with Crippen molar-refractivity contribution in [3.05, 3.63) is 65.2 Å². The molecule has 2 aromatic carbocycles. The number of carbonyl (C=O) groups is 2. The number of rotatable bonds is 6. The van der Waals surface area contributed by atoms with Crippen LogP contribution < -0.4 is 10.6 Å². The number of nitrogens with one attached hydrogen (secondary N) is 2. The molecule has 0 fully saturated rings. The van der Waals surface area contributed by atoms with Crippen LogP contribution >= 0.6 is 11.8 Å². The second-order valence-corrected chi connectivity index (χ2v) is 7.08. The molecule has 1 aliphatic heterocycles. The fourth-order valence-corrected chi connectivity index (χ4v) is 3.68. The zero-order chi connectivity index (χ0) is 18.5. The van der Waals surface area contributed by atoms with Gasteiger partial charge < -0.3 is 10.6 Å². The van der Waals surface area contributed by atoms with E-state index >= 15 is 0 Å². The zero-order valence-electron chi connectivity index (χ0n) is 13.9. The summed E-state index contributed by atoms with van der Waals surface area (Å²) in [6.45, 7) is 0.409. The highest BCUT2D eigenvalue weighted by atomic mass is 32.2. The van der Waals surface area contributed by atoms with Gasteiger partial charge in [-0.25, -0.2) is 8.78 Å². The molecule has 7 heteroatoms. The summed E-state index contributed by atoms with van der Waals surface area (Å²) in [5, 5.41) is 5.39. The Morgan fingerprint density at radius 3 is 2.85 bits per heavy atom. The Morgan fingerprint density at radius 1 is 1.23 bits per heavy atom. The standard InChI is InChI=1S/C19H18F2N2O2S/c20-13-5-6-14-15(10-18(24)23-17(14)9-13)19(25)22-7-8-26-11-12-3-1-2-4-16(12)21/h1-6,9,15H,7-8,10-11H2,(H,22,25)(H,23,24). The average molecular weight is 376 g/mol. The van der Waals surface area contributed by atoms with Gasteiger partial charge in [0, 0.05) is 30.2 Å². The molecule has 1 atom stereocenters. The molecule has 0 radical (unpaired) electrons. The predicted octanol–water partition coefficient (Wildman–Crippen LogP) is 3.44. The topological polar surface area (TPSA) is 58.2 Å². The summed E-state index contributed by atoms with van der Waals surface area (Å²) in [5.41, 5.74) is 1.58. The van der Waals surface area contributed by atoms with Crippen molar-refractivity contribution in [2.24, 2.45) is 0 Å². The minimum Gasteiger partial charge on any atom is -0.355 e. The van der Waals surface area contributed by atoms with Gasteiger partial charge in [-0.05, 0) is 29.3 Å². The number of carbonyl (C=O) groups excluding carboxylic acids is 2. The van der Waals surface area contributed by atoms with E-state index in [1.807, 2.05) is 0 Å². The highest BCUT2D eigenvalue weighted by Gasteiger charge is 2.30. The van der Waals surface area contributed by atoms with Crippen molar-refractivity contribution in [1.82, 2.24) is 5.32 Å². The normalized spacial score (nSPS) is 15.9. The van der Waals surface area contributed by atoms with Gasteiger partial charge in [0.25, 0.3) is 0 Å². The van der Waals surface area contributed by atoms with E-state index in [0.29, 0.717) is 34.9 Å². The second-order valence-electron chi connectivity index (χ2n) is 5.97. The van der Waals surface area contributed by atoms with Crippen LogP contribution in [-0.4, -0.2) is 24.1 Å². The molecule has 2 amide bonds. The minimum absolute atomic E-state index is 0.0346.